The lowest BCUT2D eigenvalue weighted by Gasteiger charge is -2.29. The minimum atomic E-state index is -0.758. The zero-order chi connectivity index (χ0) is 10.9. The lowest BCUT2D eigenvalue weighted by atomic mass is 10.1. The Morgan fingerprint density at radius 3 is 2.43 bits per heavy atom. The summed E-state index contributed by atoms with van der Waals surface area (Å²) in [6.45, 7) is 5.66. The van der Waals surface area contributed by atoms with Crippen LogP contribution in [0.1, 0.15) is 20.8 Å². The van der Waals surface area contributed by atoms with Crippen molar-refractivity contribution in [2.75, 3.05) is 6.54 Å². The molecular formula is C9H14N2O3. The highest BCUT2D eigenvalue weighted by atomic mass is 16.2. The lowest BCUT2D eigenvalue weighted by molar-refractivity contribution is -0.142. The average molecular weight is 198 g/mol. The van der Waals surface area contributed by atoms with E-state index in [1.54, 1.807) is 0 Å². The number of hydrogen-bond acceptors (Lipinski definition) is 3. The van der Waals surface area contributed by atoms with Crippen LogP contribution in [0.3, 0.4) is 0 Å². The fourth-order valence-corrected chi connectivity index (χ4v) is 1.27. The van der Waals surface area contributed by atoms with Crippen LogP contribution in [-0.2, 0) is 9.59 Å². The van der Waals surface area contributed by atoms with Crippen LogP contribution in [0.4, 0.5) is 4.79 Å². The monoisotopic (exact) mass is 198 g/mol. The fourth-order valence-electron chi connectivity index (χ4n) is 1.27. The minimum Gasteiger partial charge on any atom is -0.277 e. The quantitative estimate of drug-likeness (QED) is 0.651. The van der Waals surface area contributed by atoms with Gasteiger partial charge < -0.3 is 0 Å². The molecule has 1 saturated heterocycles. The smallest absolute Gasteiger partial charge is 0.277 e. The number of imide groups is 2. The van der Waals surface area contributed by atoms with E-state index < -0.39 is 23.8 Å². The molecule has 14 heavy (non-hydrogen) atoms. The van der Waals surface area contributed by atoms with Crippen molar-refractivity contribution in [1.82, 2.24) is 10.2 Å². The Labute approximate surface area is 82.4 Å². The zero-order valence-electron chi connectivity index (χ0n) is 8.53. The summed E-state index contributed by atoms with van der Waals surface area (Å²) in [5.41, 5.74) is 0. The van der Waals surface area contributed by atoms with Gasteiger partial charge in [-0.15, -0.1) is 0 Å². The number of amides is 4. The molecule has 0 aliphatic carbocycles. The molecule has 5 heteroatoms. The Morgan fingerprint density at radius 1 is 1.36 bits per heavy atom. The third kappa shape index (κ3) is 1.92. The molecule has 1 aliphatic rings. The van der Waals surface area contributed by atoms with Gasteiger partial charge in [0.05, 0.1) is 0 Å². The Balaban J connectivity index is 2.79. The molecule has 0 aromatic heterocycles. The first-order valence-corrected chi connectivity index (χ1v) is 4.59. The van der Waals surface area contributed by atoms with Crippen LogP contribution in [0.25, 0.3) is 0 Å². The van der Waals surface area contributed by atoms with E-state index >= 15 is 0 Å². The molecule has 1 fully saturated rings. The maximum Gasteiger partial charge on any atom is 0.330 e. The number of urea groups is 1. The molecule has 1 rings (SSSR count). The highest BCUT2D eigenvalue weighted by molar-refractivity contribution is 6.15. The second-order valence-electron chi connectivity index (χ2n) is 3.86. The lowest BCUT2D eigenvalue weighted by Crippen LogP contribution is -2.57. The van der Waals surface area contributed by atoms with Crippen molar-refractivity contribution >= 4 is 17.8 Å². The summed E-state index contributed by atoms with van der Waals surface area (Å²) in [5.74, 6) is -1.48. The van der Waals surface area contributed by atoms with E-state index in [-0.39, 0.29) is 5.92 Å². The average Bonchev–Trinajstić information content (AvgIpc) is 2.09. The Hall–Kier alpha value is -1.39. The number of barbiturate groups is 1. The molecule has 1 N–H and O–H groups in total. The summed E-state index contributed by atoms with van der Waals surface area (Å²) < 4.78 is 0. The van der Waals surface area contributed by atoms with E-state index in [1.165, 1.54) is 6.92 Å². The van der Waals surface area contributed by atoms with E-state index in [1.807, 2.05) is 13.8 Å². The molecule has 0 spiro atoms. The van der Waals surface area contributed by atoms with Crippen molar-refractivity contribution in [2.24, 2.45) is 11.8 Å². The summed E-state index contributed by atoms with van der Waals surface area (Å²) in [4.78, 5) is 35.0. The summed E-state index contributed by atoms with van der Waals surface area (Å²) >= 11 is 0. The number of carbonyl (C=O) groups is 3. The molecule has 0 aromatic carbocycles. The zero-order valence-corrected chi connectivity index (χ0v) is 8.53. The Morgan fingerprint density at radius 2 is 1.93 bits per heavy atom. The van der Waals surface area contributed by atoms with E-state index in [0.717, 1.165) is 4.90 Å². The number of hydrogen-bond donors (Lipinski definition) is 1. The van der Waals surface area contributed by atoms with Gasteiger partial charge in [-0.05, 0) is 12.8 Å². The van der Waals surface area contributed by atoms with Crippen molar-refractivity contribution in [3.05, 3.63) is 0 Å². The Kier molecular flexibility index (Phi) is 2.88. The molecule has 0 bridgehead atoms. The molecule has 1 heterocycles. The number of rotatable bonds is 2. The molecule has 1 aliphatic heterocycles. The third-order valence-electron chi connectivity index (χ3n) is 2.05. The normalized spacial score (nSPS) is 23.0. The number of nitrogens with one attached hydrogen (secondary N) is 1. The molecule has 0 radical (unpaired) electrons. The van der Waals surface area contributed by atoms with Gasteiger partial charge in [0.2, 0.25) is 11.8 Å². The van der Waals surface area contributed by atoms with E-state index in [0.29, 0.717) is 6.54 Å². The van der Waals surface area contributed by atoms with Gasteiger partial charge in [-0.2, -0.15) is 0 Å². The Bertz CT molecular complexity index is 286. The van der Waals surface area contributed by atoms with Crippen LogP contribution in [0.2, 0.25) is 0 Å². The van der Waals surface area contributed by atoms with Gasteiger partial charge in [-0.1, -0.05) is 13.8 Å². The number of nitrogens with zero attached hydrogens (tertiary/aromatic N) is 1. The predicted molar refractivity (Wildman–Crippen MR) is 49.3 cm³/mol. The first-order valence-electron chi connectivity index (χ1n) is 4.59. The molecule has 1 atom stereocenters. The van der Waals surface area contributed by atoms with Crippen molar-refractivity contribution in [3.8, 4) is 0 Å². The predicted octanol–water partition coefficient (Wildman–Crippen LogP) is 0.357. The van der Waals surface area contributed by atoms with Crippen molar-refractivity contribution < 1.29 is 14.4 Å². The first kappa shape index (κ1) is 10.7. The van der Waals surface area contributed by atoms with E-state index in [2.05, 4.69) is 5.32 Å². The highest BCUT2D eigenvalue weighted by Crippen LogP contribution is 2.11. The number of carbonyl (C=O) groups excluding carboxylic acids is 3. The van der Waals surface area contributed by atoms with Crippen LogP contribution in [0, 0.1) is 11.8 Å². The first-order chi connectivity index (χ1) is 6.43. The standard InChI is InChI=1S/C9H14N2O3/c1-5(2)4-11-8(13)6(3)7(12)10-9(11)14/h5-6H,4H2,1-3H3,(H,10,12,14). The summed E-state index contributed by atoms with van der Waals surface area (Å²) in [7, 11) is 0. The largest absolute Gasteiger partial charge is 0.330 e. The van der Waals surface area contributed by atoms with Crippen molar-refractivity contribution in [3.63, 3.8) is 0 Å². The van der Waals surface area contributed by atoms with Crippen LogP contribution in [0.15, 0.2) is 0 Å². The summed E-state index contributed by atoms with van der Waals surface area (Å²) in [5, 5.41) is 2.14. The van der Waals surface area contributed by atoms with E-state index in [4.69, 9.17) is 0 Å². The van der Waals surface area contributed by atoms with Gasteiger partial charge in [-0.3, -0.25) is 19.8 Å². The van der Waals surface area contributed by atoms with Gasteiger partial charge in [-0.25, -0.2) is 4.79 Å². The van der Waals surface area contributed by atoms with Crippen molar-refractivity contribution in [1.29, 1.82) is 0 Å². The third-order valence-corrected chi connectivity index (χ3v) is 2.05. The molecule has 0 aromatic rings. The highest BCUT2D eigenvalue weighted by Gasteiger charge is 2.37. The van der Waals surface area contributed by atoms with Crippen molar-refractivity contribution in [2.45, 2.75) is 20.8 Å². The van der Waals surface area contributed by atoms with E-state index in [9.17, 15) is 14.4 Å². The molecule has 78 valence electrons. The summed E-state index contributed by atoms with van der Waals surface area (Å²) in [6, 6.07) is -0.605. The fraction of sp³-hybridized carbons (Fsp3) is 0.667. The molecular weight excluding hydrogens is 184 g/mol. The molecule has 1 unspecified atom stereocenters. The molecule has 5 nitrogen and oxygen atoms in total. The van der Waals surface area contributed by atoms with Gasteiger partial charge in [0.25, 0.3) is 0 Å². The molecule has 4 amide bonds. The maximum absolute atomic E-state index is 11.5. The SMILES string of the molecule is CC(C)CN1C(=O)NC(=O)C(C)C1=O. The topological polar surface area (TPSA) is 66.5 Å². The minimum absolute atomic E-state index is 0.199. The van der Waals surface area contributed by atoms with Crippen LogP contribution in [0.5, 0.6) is 0 Å². The maximum atomic E-state index is 11.5. The van der Waals surface area contributed by atoms with Gasteiger partial charge in [0.15, 0.2) is 0 Å². The van der Waals surface area contributed by atoms with Gasteiger partial charge >= 0.3 is 6.03 Å². The second kappa shape index (κ2) is 3.77. The van der Waals surface area contributed by atoms with Crippen LogP contribution in [-0.4, -0.2) is 29.3 Å². The molecule has 0 saturated carbocycles. The summed E-state index contributed by atoms with van der Waals surface area (Å²) in [6.07, 6.45) is 0. The van der Waals surface area contributed by atoms with Crippen LogP contribution >= 0.6 is 0 Å². The van der Waals surface area contributed by atoms with Gasteiger partial charge in [0, 0.05) is 6.54 Å². The van der Waals surface area contributed by atoms with Gasteiger partial charge in [0.1, 0.15) is 5.92 Å². The second-order valence-corrected chi connectivity index (χ2v) is 3.86. The van der Waals surface area contributed by atoms with Crippen LogP contribution < -0.4 is 5.32 Å².